The largest absolute Gasteiger partial charge is 0.375 e. The molecule has 0 spiro atoms. The fourth-order valence-corrected chi connectivity index (χ4v) is 3.26. The molecule has 3 rings (SSSR count). The molecule has 132 valence electrons. The lowest BCUT2D eigenvalue weighted by Gasteiger charge is -2.19. The number of benzene rings is 2. The molecule has 0 amide bonds. The molecule has 0 heterocycles. The van der Waals surface area contributed by atoms with E-state index in [2.05, 4.69) is 22.4 Å². The third-order valence-corrected chi connectivity index (χ3v) is 4.58. The summed E-state index contributed by atoms with van der Waals surface area (Å²) in [6.07, 6.45) is 4.65. The summed E-state index contributed by atoms with van der Waals surface area (Å²) >= 11 is 0. The number of halogens is 1. The van der Waals surface area contributed by atoms with Gasteiger partial charge in [0, 0.05) is 19.8 Å². The zero-order valence-corrected chi connectivity index (χ0v) is 14.8. The van der Waals surface area contributed by atoms with Gasteiger partial charge < -0.3 is 16.0 Å². The van der Waals surface area contributed by atoms with Crippen molar-refractivity contribution in [3.05, 3.63) is 58.9 Å². The smallest absolute Gasteiger partial charge is 0.193 e. The summed E-state index contributed by atoms with van der Waals surface area (Å²) in [5, 5.41) is 3.21. The molecule has 0 saturated heterocycles. The first kappa shape index (κ1) is 17.3. The van der Waals surface area contributed by atoms with E-state index in [-0.39, 0.29) is 5.82 Å². The Morgan fingerprint density at radius 3 is 2.76 bits per heavy atom. The van der Waals surface area contributed by atoms with Crippen LogP contribution in [-0.4, -0.2) is 20.1 Å². The van der Waals surface area contributed by atoms with Crippen LogP contribution in [0.2, 0.25) is 0 Å². The van der Waals surface area contributed by atoms with Crippen LogP contribution in [0.4, 0.5) is 15.8 Å². The highest BCUT2D eigenvalue weighted by molar-refractivity contribution is 5.93. The van der Waals surface area contributed by atoms with Crippen LogP contribution in [-0.2, 0) is 19.4 Å². The molecule has 0 aromatic heterocycles. The number of aliphatic imine (C=N–C) groups is 1. The molecule has 0 aliphatic heterocycles. The van der Waals surface area contributed by atoms with E-state index in [1.807, 2.05) is 26.2 Å². The van der Waals surface area contributed by atoms with Crippen molar-refractivity contribution in [3.63, 3.8) is 0 Å². The minimum Gasteiger partial charge on any atom is -0.375 e. The molecular weight excluding hydrogens is 315 g/mol. The van der Waals surface area contributed by atoms with Gasteiger partial charge in [0.05, 0.1) is 12.2 Å². The average Bonchev–Trinajstić information content (AvgIpc) is 2.60. The second-order valence-corrected chi connectivity index (χ2v) is 6.66. The number of nitrogens with one attached hydrogen (secondary N) is 1. The van der Waals surface area contributed by atoms with Crippen molar-refractivity contribution in [2.24, 2.45) is 10.7 Å². The summed E-state index contributed by atoms with van der Waals surface area (Å²) in [6, 6.07) is 11.4. The van der Waals surface area contributed by atoms with Gasteiger partial charge in [-0.3, -0.25) is 0 Å². The first-order valence-corrected chi connectivity index (χ1v) is 8.68. The third-order valence-electron chi connectivity index (χ3n) is 4.58. The van der Waals surface area contributed by atoms with Gasteiger partial charge in [-0.15, -0.1) is 0 Å². The second kappa shape index (κ2) is 7.55. The van der Waals surface area contributed by atoms with Gasteiger partial charge in [-0.05, 0) is 60.6 Å². The minimum atomic E-state index is -0.249. The monoisotopic (exact) mass is 340 g/mol. The first-order valence-electron chi connectivity index (χ1n) is 8.68. The Morgan fingerprint density at radius 2 is 2.00 bits per heavy atom. The topological polar surface area (TPSA) is 53.6 Å². The predicted molar refractivity (Wildman–Crippen MR) is 103 cm³/mol. The lowest BCUT2D eigenvalue weighted by Crippen LogP contribution is -2.24. The predicted octanol–water partition coefficient (Wildman–Crippen LogP) is 3.70. The van der Waals surface area contributed by atoms with Crippen LogP contribution in [0.5, 0.6) is 0 Å². The molecule has 2 aromatic carbocycles. The Labute approximate surface area is 148 Å². The van der Waals surface area contributed by atoms with E-state index >= 15 is 0 Å². The summed E-state index contributed by atoms with van der Waals surface area (Å²) in [5.74, 6) is 0.109. The normalized spacial score (nSPS) is 14.1. The van der Waals surface area contributed by atoms with Crippen molar-refractivity contribution in [2.45, 2.75) is 32.2 Å². The number of hydrogen-bond acceptors (Lipinski definition) is 2. The Hall–Kier alpha value is -2.56. The van der Waals surface area contributed by atoms with E-state index in [1.54, 1.807) is 11.0 Å². The van der Waals surface area contributed by atoms with Gasteiger partial charge in [0.25, 0.3) is 0 Å². The number of anilines is 2. The van der Waals surface area contributed by atoms with Crippen molar-refractivity contribution in [1.29, 1.82) is 0 Å². The van der Waals surface area contributed by atoms with E-state index in [0.717, 1.165) is 24.1 Å². The molecule has 0 fully saturated rings. The minimum absolute atomic E-state index is 0.249. The number of nitrogens with zero attached hydrogens (tertiary/aromatic N) is 2. The standard InChI is InChI=1S/C20H25FN4/c1-25(2)19-11-10-14(12-17(19)21)13-23-20(22)24-18-9-5-7-15-6-3-4-8-16(15)18/h5,7,9-12H,3-4,6,8,13H2,1-2H3,(H3,22,23,24). The van der Waals surface area contributed by atoms with Gasteiger partial charge in [0.1, 0.15) is 5.82 Å². The second-order valence-electron chi connectivity index (χ2n) is 6.66. The summed E-state index contributed by atoms with van der Waals surface area (Å²) in [4.78, 5) is 6.10. The molecule has 1 aliphatic rings. The maximum atomic E-state index is 14.0. The highest BCUT2D eigenvalue weighted by Gasteiger charge is 2.13. The third kappa shape index (κ3) is 4.10. The van der Waals surface area contributed by atoms with Crippen molar-refractivity contribution in [2.75, 3.05) is 24.3 Å². The van der Waals surface area contributed by atoms with Gasteiger partial charge in [0.15, 0.2) is 5.96 Å². The summed E-state index contributed by atoms with van der Waals surface area (Å²) in [7, 11) is 3.64. The molecule has 0 atom stereocenters. The molecule has 25 heavy (non-hydrogen) atoms. The van der Waals surface area contributed by atoms with Crippen LogP contribution in [0.25, 0.3) is 0 Å². The molecule has 0 unspecified atom stereocenters. The van der Waals surface area contributed by atoms with Crippen LogP contribution in [0, 0.1) is 5.82 Å². The first-order chi connectivity index (χ1) is 12.0. The molecule has 0 saturated carbocycles. The number of aryl methyl sites for hydroxylation is 1. The zero-order chi connectivity index (χ0) is 17.8. The van der Waals surface area contributed by atoms with Crippen LogP contribution in [0.3, 0.4) is 0 Å². The van der Waals surface area contributed by atoms with Crippen molar-refractivity contribution in [1.82, 2.24) is 0 Å². The fourth-order valence-electron chi connectivity index (χ4n) is 3.26. The lowest BCUT2D eigenvalue weighted by atomic mass is 9.90. The van der Waals surface area contributed by atoms with Crippen LogP contribution in [0.1, 0.15) is 29.5 Å². The van der Waals surface area contributed by atoms with Gasteiger partial charge >= 0.3 is 0 Å². The molecule has 1 aliphatic carbocycles. The van der Waals surface area contributed by atoms with Crippen molar-refractivity contribution < 1.29 is 4.39 Å². The number of rotatable bonds is 4. The summed E-state index contributed by atoms with van der Waals surface area (Å²) in [5.41, 5.74) is 11.2. The van der Waals surface area contributed by atoms with Crippen LogP contribution >= 0.6 is 0 Å². The number of guanidine groups is 1. The van der Waals surface area contributed by atoms with E-state index in [4.69, 9.17) is 5.73 Å². The molecule has 4 nitrogen and oxygen atoms in total. The van der Waals surface area contributed by atoms with Gasteiger partial charge in [-0.25, -0.2) is 9.38 Å². The van der Waals surface area contributed by atoms with E-state index in [0.29, 0.717) is 18.2 Å². The highest BCUT2D eigenvalue weighted by Crippen LogP contribution is 2.27. The fraction of sp³-hybridized carbons (Fsp3) is 0.350. The van der Waals surface area contributed by atoms with Gasteiger partial charge in [-0.1, -0.05) is 18.2 Å². The van der Waals surface area contributed by atoms with Gasteiger partial charge in [0.2, 0.25) is 0 Å². The quantitative estimate of drug-likeness (QED) is 0.659. The molecule has 0 radical (unpaired) electrons. The maximum absolute atomic E-state index is 14.0. The average molecular weight is 340 g/mol. The lowest BCUT2D eigenvalue weighted by molar-refractivity contribution is 0.624. The Morgan fingerprint density at radius 1 is 1.20 bits per heavy atom. The number of fused-ring (bicyclic) bond motifs is 1. The highest BCUT2D eigenvalue weighted by atomic mass is 19.1. The molecular formula is C20H25FN4. The van der Waals surface area contributed by atoms with Crippen molar-refractivity contribution >= 4 is 17.3 Å². The van der Waals surface area contributed by atoms with Crippen LogP contribution in [0.15, 0.2) is 41.4 Å². The van der Waals surface area contributed by atoms with Crippen LogP contribution < -0.4 is 16.0 Å². The zero-order valence-electron chi connectivity index (χ0n) is 14.8. The molecule has 0 bridgehead atoms. The van der Waals surface area contributed by atoms with E-state index in [9.17, 15) is 4.39 Å². The Balaban J connectivity index is 1.70. The molecule has 2 aromatic rings. The summed E-state index contributed by atoms with van der Waals surface area (Å²) in [6.45, 7) is 0.346. The SMILES string of the molecule is CN(C)c1ccc(CN=C(N)Nc2cccc3c2CCCC3)cc1F. The van der Waals surface area contributed by atoms with Crippen molar-refractivity contribution in [3.8, 4) is 0 Å². The van der Waals surface area contributed by atoms with E-state index < -0.39 is 0 Å². The summed E-state index contributed by atoms with van der Waals surface area (Å²) < 4.78 is 14.0. The molecule has 5 heteroatoms. The Bertz CT molecular complexity index is 783. The van der Waals surface area contributed by atoms with E-state index in [1.165, 1.54) is 30.0 Å². The number of nitrogens with two attached hydrogens (primary N) is 1. The maximum Gasteiger partial charge on any atom is 0.193 e. The van der Waals surface area contributed by atoms with Gasteiger partial charge in [-0.2, -0.15) is 0 Å². The molecule has 3 N–H and O–H groups in total. The Kier molecular flexibility index (Phi) is 5.22. The number of hydrogen-bond donors (Lipinski definition) is 2.